The number of aromatic carboxylic acids is 1. The van der Waals surface area contributed by atoms with E-state index < -0.39 is 17.8 Å². The Kier molecular flexibility index (Phi) is 1.39. The SMILES string of the molecule is O=C(O)c1n[nH]c2c1[C@H]1CC[C@H]1C2(F)F. The number of nitrogens with zero attached hydrogens (tertiary/aromatic N) is 1. The Morgan fingerprint density at radius 2 is 2.27 bits per heavy atom. The molecule has 0 aliphatic heterocycles. The van der Waals surface area contributed by atoms with E-state index in [1.54, 1.807) is 0 Å². The van der Waals surface area contributed by atoms with Crippen LogP contribution in [0.15, 0.2) is 0 Å². The number of fused-ring (bicyclic) bond motifs is 3. The van der Waals surface area contributed by atoms with Crippen molar-refractivity contribution >= 4 is 5.97 Å². The summed E-state index contributed by atoms with van der Waals surface area (Å²) in [6.07, 6.45) is 1.09. The Labute approximate surface area is 83.3 Å². The van der Waals surface area contributed by atoms with E-state index in [4.69, 9.17) is 5.11 Å². The molecular weight excluding hydrogens is 206 g/mol. The first kappa shape index (κ1) is 8.82. The lowest BCUT2D eigenvalue weighted by Gasteiger charge is -2.33. The van der Waals surface area contributed by atoms with E-state index in [2.05, 4.69) is 10.2 Å². The van der Waals surface area contributed by atoms with Gasteiger partial charge in [0.2, 0.25) is 0 Å². The zero-order chi connectivity index (χ0) is 10.8. The molecular formula is C9H8F2N2O2. The third-order valence-corrected chi connectivity index (χ3v) is 3.45. The van der Waals surface area contributed by atoms with Crippen LogP contribution in [-0.2, 0) is 5.92 Å². The zero-order valence-corrected chi connectivity index (χ0v) is 7.63. The minimum Gasteiger partial charge on any atom is -0.476 e. The van der Waals surface area contributed by atoms with Crippen LogP contribution >= 0.6 is 0 Å². The average molecular weight is 214 g/mol. The van der Waals surface area contributed by atoms with Crippen molar-refractivity contribution in [1.29, 1.82) is 0 Å². The highest BCUT2D eigenvalue weighted by atomic mass is 19.3. The van der Waals surface area contributed by atoms with Crippen LogP contribution in [0, 0.1) is 5.92 Å². The molecule has 3 rings (SSSR count). The molecule has 0 amide bonds. The number of alkyl halides is 2. The number of rotatable bonds is 1. The second-order valence-corrected chi connectivity index (χ2v) is 4.08. The monoisotopic (exact) mass is 214 g/mol. The fourth-order valence-electron chi connectivity index (χ4n) is 2.59. The third kappa shape index (κ3) is 0.848. The lowest BCUT2D eigenvalue weighted by molar-refractivity contribution is -0.0906. The van der Waals surface area contributed by atoms with Crippen LogP contribution in [0.3, 0.4) is 0 Å². The number of aromatic nitrogens is 2. The predicted octanol–water partition coefficient (Wildman–Crippen LogP) is 1.71. The molecule has 0 unspecified atom stereocenters. The highest BCUT2D eigenvalue weighted by molar-refractivity contribution is 5.88. The van der Waals surface area contributed by atoms with E-state index in [9.17, 15) is 13.6 Å². The van der Waals surface area contributed by atoms with Crippen LogP contribution in [0.1, 0.15) is 40.5 Å². The van der Waals surface area contributed by atoms with Crippen molar-refractivity contribution in [3.8, 4) is 0 Å². The van der Waals surface area contributed by atoms with Gasteiger partial charge >= 0.3 is 5.97 Å². The van der Waals surface area contributed by atoms with Gasteiger partial charge in [-0.15, -0.1) is 0 Å². The van der Waals surface area contributed by atoms with Crippen molar-refractivity contribution in [2.75, 3.05) is 0 Å². The minimum absolute atomic E-state index is 0.226. The smallest absolute Gasteiger partial charge is 0.356 e. The van der Waals surface area contributed by atoms with Gasteiger partial charge < -0.3 is 5.11 Å². The highest BCUT2D eigenvalue weighted by Crippen LogP contribution is 2.62. The summed E-state index contributed by atoms with van der Waals surface area (Å²) in [5, 5.41) is 14.4. The number of hydrogen-bond donors (Lipinski definition) is 2. The van der Waals surface area contributed by atoms with E-state index in [0.29, 0.717) is 12.8 Å². The van der Waals surface area contributed by atoms with Gasteiger partial charge in [0.15, 0.2) is 5.69 Å². The molecule has 6 heteroatoms. The molecule has 2 aliphatic carbocycles. The van der Waals surface area contributed by atoms with Gasteiger partial charge in [-0.3, -0.25) is 5.10 Å². The summed E-state index contributed by atoms with van der Waals surface area (Å²) in [4.78, 5) is 10.8. The molecule has 4 nitrogen and oxygen atoms in total. The predicted molar refractivity (Wildman–Crippen MR) is 44.9 cm³/mol. The van der Waals surface area contributed by atoms with E-state index in [1.165, 1.54) is 0 Å². The Balaban J connectivity index is 2.20. The summed E-state index contributed by atoms with van der Waals surface area (Å²) in [5.41, 5.74) is -0.298. The molecule has 80 valence electrons. The van der Waals surface area contributed by atoms with Gasteiger partial charge in [0.25, 0.3) is 5.92 Å². The first-order valence-electron chi connectivity index (χ1n) is 4.73. The van der Waals surface area contributed by atoms with Crippen LogP contribution in [0.4, 0.5) is 8.78 Å². The van der Waals surface area contributed by atoms with E-state index >= 15 is 0 Å². The molecule has 2 atom stereocenters. The molecule has 1 fully saturated rings. The van der Waals surface area contributed by atoms with Crippen LogP contribution < -0.4 is 0 Å². The number of carboxylic acids is 1. The Bertz CT molecular complexity index is 455. The number of nitrogens with one attached hydrogen (secondary N) is 1. The average Bonchev–Trinajstić information content (AvgIpc) is 2.50. The van der Waals surface area contributed by atoms with Crippen molar-refractivity contribution in [3.05, 3.63) is 17.0 Å². The fraction of sp³-hybridized carbons (Fsp3) is 0.556. The maximum absolute atomic E-state index is 13.6. The van der Waals surface area contributed by atoms with Crippen LogP contribution in [0.2, 0.25) is 0 Å². The topological polar surface area (TPSA) is 66.0 Å². The van der Waals surface area contributed by atoms with Gasteiger partial charge in [-0.05, 0) is 18.8 Å². The summed E-state index contributed by atoms with van der Waals surface area (Å²) in [6.45, 7) is 0. The molecule has 1 aromatic heterocycles. The first-order valence-corrected chi connectivity index (χ1v) is 4.73. The Morgan fingerprint density at radius 1 is 1.53 bits per heavy atom. The van der Waals surface area contributed by atoms with Crippen LogP contribution in [-0.4, -0.2) is 21.3 Å². The zero-order valence-electron chi connectivity index (χ0n) is 7.63. The van der Waals surface area contributed by atoms with Gasteiger partial charge in [-0.25, -0.2) is 4.79 Å². The van der Waals surface area contributed by atoms with Gasteiger partial charge in [0.05, 0.1) is 0 Å². The van der Waals surface area contributed by atoms with E-state index in [1.807, 2.05) is 0 Å². The van der Waals surface area contributed by atoms with Crippen molar-refractivity contribution in [1.82, 2.24) is 10.2 Å². The van der Waals surface area contributed by atoms with Crippen molar-refractivity contribution in [2.24, 2.45) is 5.92 Å². The van der Waals surface area contributed by atoms with E-state index in [-0.39, 0.29) is 22.9 Å². The molecule has 0 bridgehead atoms. The molecule has 1 aromatic rings. The quantitative estimate of drug-likeness (QED) is 0.747. The molecule has 0 spiro atoms. The minimum atomic E-state index is -2.93. The molecule has 2 aliphatic rings. The van der Waals surface area contributed by atoms with Gasteiger partial charge in [0.1, 0.15) is 5.69 Å². The number of halogens is 2. The third-order valence-electron chi connectivity index (χ3n) is 3.45. The van der Waals surface area contributed by atoms with E-state index in [0.717, 1.165) is 0 Å². The maximum atomic E-state index is 13.6. The molecule has 0 aromatic carbocycles. The fourth-order valence-corrected chi connectivity index (χ4v) is 2.59. The number of hydrogen-bond acceptors (Lipinski definition) is 2. The lowest BCUT2D eigenvalue weighted by Crippen LogP contribution is -2.31. The molecule has 1 heterocycles. The second-order valence-electron chi connectivity index (χ2n) is 4.08. The van der Waals surface area contributed by atoms with Crippen molar-refractivity contribution in [2.45, 2.75) is 24.7 Å². The normalized spacial score (nSPS) is 30.5. The second kappa shape index (κ2) is 2.37. The first-order chi connectivity index (χ1) is 7.03. The lowest BCUT2D eigenvalue weighted by atomic mass is 9.73. The number of H-pyrrole nitrogens is 1. The molecule has 0 saturated heterocycles. The van der Waals surface area contributed by atoms with Crippen molar-refractivity contribution < 1.29 is 18.7 Å². The summed E-state index contributed by atoms with van der Waals surface area (Å²) in [7, 11) is 0. The van der Waals surface area contributed by atoms with Gasteiger partial charge in [-0.1, -0.05) is 0 Å². The van der Waals surface area contributed by atoms with Gasteiger partial charge in [-0.2, -0.15) is 13.9 Å². The number of aromatic amines is 1. The standard InChI is InChI=1S/C9H8F2N2O2/c10-9(11)4-2-1-3(4)5-6(8(14)15)12-13-7(5)9/h3-4H,1-2H2,(H,12,13)(H,14,15)/t3-,4+/m0/s1. The Morgan fingerprint density at radius 3 is 2.80 bits per heavy atom. The number of carboxylic acid groups (broad SMARTS) is 1. The molecule has 15 heavy (non-hydrogen) atoms. The summed E-state index contributed by atoms with van der Waals surface area (Å²) >= 11 is 0. The molecule has 1 saturated carbocycles. The van der Waals surface area contributed by atoms with Crippen LogP contribution in [0.25, 0.3) is 0 Å². The summed E-state index contributed by atoms with van der Waals surface area (Å²) in [5.74, 6) is -5.21. The maximum Gasteiger partial charge on any atom is 0.356 e. The molecule has 2 N–H and O–H groups in total. The van der Waals surface area contributed by atoms with Crippen LogP contribution in [0.5, 0.6) is 0 Å². The Hall–Kier alpha value is -1.46. The van der Waals surface area contributed by atoms with Crippen molar-refractivity contribution in [3.63, 3.8) is 0 Å². The molecule has 0 radical (unpaired) electrons. The number of carbonyl (C=O) groups is 1. The largest absolute Gasteiger partial charge is 0.476 e. The summed E-state index contributed by atoms with van der Waals surface area (Å²) in [6, 6.07) is 0. The van der Waals surface area contributed by atoms with Gasteiger partial charge in [0, 0.05) is 11.5 Å². The summed E-state index contributed by atoms with van der Waals surface area (Å²) < 4.78 is 27.3. The highest BCUT2D eigenvalue weighted by Gasteiger charge is 2.61.